The number of hydrogen-bond acceptors (Lipinski definition) is 1. The number of aromatic nitrogens is 1. The lowest BCUT2D eigenvalue weighted by atomic mass is 10.2. The molecule has 14 heavy (non-hydrogen) atoms. The molecule has 0 radical (unpaired) electrons. The van der Waals surface area contributed by atoms with Gasteiger partial charge in [0.2, 0.25) is 0 Å². The third-order valence-electron chi connectivity index (χ3n) is 2.35. The van der Waals surface area contributed by atoms with Gasteiger partial charge in [-0.2, -0.15) is 0 Å². The highest BCUT2D eigenvalue weighted by Crippen LogP contribution is 2.20. The molecule has 0 amide bonds. The van der Waals surface area contributed by atoms with Gasteiger partial charge in [-0.25, -0.2) is 0 Å². The average Bonchev–Trinajstić information content (AvgIpc) is 2.58. The van der Waals surface area contributed by atoms with Crippen LogP contribution in [0.3, 0.4) is 0 Å². The Morgan fingerprint density at radius 1 is 1.36 bits per heavy atom. The molecule has 0 fully saturated rings. The fourth-order valence-electron chi connectivity index (χ4n) is 1.71. The molecule has 0 aliphatic heterocycles. The summed E-state index contributed by atoms with van der Waals surface area (Å²) in [5, 5.41) is 1.20. The van der Waals surface area contributed by atoms with E-state index in [0.29, 0.717) is 13.1 Å². The van der Waals surface area contributed by atoms with Crippen LogP contribution in [0.4, 0.5) is 0 Å². The zero-order valence-electron chi connectivity index (χ0n) is 7.90. The molecule has 2 rings (SSSR count). The monoisotopic (exact) mass is 184 g/mol. The van der Waals surface area contributed by atoms with Crippen LogP contribution < -0.4 is 5.73 Å². The van der Waals surface area contributed by atoms with Crippen molar-refractivity contribution in [3.8, 4) is 12.3 Å². The molecule has 1 heterocycles. The molecule has 1 aromatic heterocycles. The number of terminal acetylenes is 1. The van der Waals surface area contributed by atoms with Gasteiger partial charge in [0, 0.05) is 23.6 Å². The van der Waals surface area contributed by atoms with Crippen LogP contribution in [0.5, 0.6) is 0 Å². The summed E-state index contributed by atoms with van der Waals surface area (Å²) in [5.41, 5.74) is 7.97. The maximum absolute atomic E-state index is 5.66. The smallest absolute Gasteiger partial charge is 0.0835 e. The predicted octanol–water partition coefficient (Wildman–Crippen LogP) is 1.73. The third-order valence-corrected chi connectivity index (χ3v) is 2.35. The molecule has 1 aromatic carbocycles. The van der Waals surface area contributed by atoms with Gasteiger partial charge in [0.05, 0.1) is 6.54 Å². The van der Waals surface area contributed by atoms with Crippen LogP contribution in [0.15, 0.2) is 30.5 Å². The molecule has 0 aliphatic carbocycles. The van der Waals surface area contributed by atoms with Crippen molar-refractivity contribution in [2.45, 2.75) is 13.1 Å². The van der Waals surface area contributed by atoms with E-state index >= 15 is 0 Å². The van der Waals surface area contributed by atoms with Crippen molar-refractivity contribution >= 4 is 10.9 Å². The maximum atomic E-state index is 5.66. The highest BCUT2D eigenvalue weighted by Gasteiger charge is 2.04. The van der Waals surface area contributed by atoms with Crippen molar-refractivity contribution in [1.29, 1.82) is 0 Å². The van der Waals surface area contributed by atoms with Crippen LogP contribution in [-0.4, -0.2) is 4.57 Å². The van der Waals surface area contributed by atoms with E-state index in [1.807, 2.05) is 18.3 Å². The zero-order valence-corrected chi connectivity index (χ0v) is 7.90. The first-order valence-corrected chi connectivity index (χ1v) is 4.57. The number of rotatable bonds is 2. The molecule has 0 saturated carbocycles. The lowest BCUT2D eigenvalue weighted by molar-refractivity contribution is 0.876. The summed E-state index contributed by atoms with van der Waals surface area (Å²) in [7, 11) is 0. The minimum Gasteiger partial charge on any atom is -0.336 e. The van der Waals surface area contributed by atoms with Gasteiger partial charge >= 0.3 is 0 Å². The Morgan fingerprint density at radius 3 is 2.86 bits per heavy atom. The third kappa shape index (κ3) is 1.28. The summed E-state index contributed by atoms with van der Waals surface area (Å²) in [6.45, 7) is 1.15. The molecule has 2 heteroatoms. The van der Waals surface area contributed by atoms with E-state index < -0.39 is 0 Å². The largest absolute Gasteiger partial charge is 0.336 e. The van der Waals surface area contributed by atoms with Gasteiger partial charge in [-0.15, -0.1) is 6.42 Å². The second-order valence-electron chi connectivity index (χ2n) is 3.21. The first-order chi connectivity index (χ1) is 6.86. The molecule has 0 spiro atoms. The van der Waals surface area contributed by atoms with Gasteiger partial charge < -0.3 is 10.3 Å². The molecule has 2 nitrogen and oxygen atoms in total. The number of fused-ring (bicyclic) bond motifs is 1. The summed E-state index contributed by atoms with van der Waals surface area (Å²) >= 11 is 0. The lowest BCUT2D eigenvalue weighted by Gasteiger charge is -1.97. The Morgan fingerprint density at radius 2 is 2.14 bits per heavy atom. The van der Waals surface area contributed by atoms with Crippen molar-refractivity contribution in [3.05, 3.63) is 36.0 Å². The first-order valence-electron chi connectivity index (χ1n) is 4.57. The number of hydrogen-bond donors (Lipinski definition) is 1. The Hall–Kier alpha value is -1.72. The molecule has 0 atom stereocenters. The fourth-order valence-corrected chi connectivity index (χ4v) is 1.71. The Balaban J connectivity index is 2.68. The van der Waals surface area contributed by atoms with Crippen LogP contribution in [0.1, 0.15) is 5.56 Å². The van der Waals surface area contributed by atoms with Crippen molar-refractivity contribution < 1.29 is 0 Å². The zero-order chi connectivity index (χ0) is 9.97. The molecule has 2 aromatic rings. The predicted molar refractivity (Wildman–Crippen MR) is 58.7 cm³/mol. The second kappa shape index (κ2) is 3.57. The van der Waals surface area contributed by atoms with Crippen molar-refractivity contribution in [2.24, 2.45) is 5.73 Å². The lowest BCUT2D eigenvalue weighted by Crippen LogP contribution is -1.95. The second-order valence-corrected chi connectivity index (χ2v) is 3.21. The van der Waals surface area contributed by atoms with Gasteiger partial charge in [-0.05, 0) is 11.6 Å². The number of para-hydroxylation sites is 1. The molecule has 70 valence electrons. The SMILES string of the molecule is C#CCn1cc(CN)c2ccccc21. The maximum Gasteiger partial charge on any atom is 0.0835 e. The molecular formula is C12H12N2. The number of nitrogens with two attached hydrogens (primary N) is 1. The van der Waals surface area contributed by atoms with Crippen LogP contribution in [-0.2, 0) is 13.1 Å². The van der Waals surface area contributed by atoms with Crippen molar-refractivity contribution in [1.82, 2.24) is 4.57 Å². The number of nitrogens with zero attached hydrogens (tertiary/aromatic N) is 1. The van der Waals surface area contributed by atoms with Gasteiger partial charge in [0.25, 0.3) is 0 Å². The van der Waals surface area contributed by atoms with E-state index in [4.69, 9.17) is 12.2 Å². The Bertz CT molecular complexity index is 488. The fraction of sp³-hybridized carbons (Fsp3) is 0.167. The number of benzene rings is 1. The summed E-state index contributed by atoms with van der Waals surface area (Å²) in [6.07, 6.45) is 7.33. The van der Waals surface area contributed by atoms with Crippen LogP contribution in [0.2, 0.25) is 0 Å². The highest BCUT2D eigenvalue weighted by molar-refractivity contribution is 5.84. The van der Waals surface area contributed by atoms with Crippen LogP contribution in [0, 0.1) is 12.3 Å². The topological polar surface area (TPSA) is 30.9 Å². The normalized spacial score (nSPS) is 10.3. The van der Waals surface area contributed by atoms with Gasteiger partial charge in [-0.3, -0.25) is 0 Å². The molecular weight excluding hydrogens is 172 g/mol. The quantitative estimate of drug-likeness (QED) is 0.708. The molecule has 0 saturated heterocycles. The highest BCUT2D eigenvalue weighted by atomic mass is 14.9. The summed E-state index contributed by atoms with van der Waals surface area (Å²) in [5.74, 6) is 2.64. The molecule has 2 N–H and O–H groups in total. The van der Waals surface area contributed by atoms with E-state index in [-0.39, 0.29) is 0 Å². The summed E-state index contributed by atoms with van der Waals surface area (Å²) < 4.78 is 2.05. The Kier molecular flexibility index (Phi) is 2.26. The van der Waals surface area contributed by atoms with Gasteiger partial charge in [0.1, 0.15) is 0 Å². The summed E-state index contributed by atoms with van der Waals surface area (Å²) in [6, 6.07) is 8.16. The summed E-state index contributed by atoms with van der Waals surface area (Å²) in [4.78, 5) is 0. The minimum atomic E-state index is 0.554. The molecule has 0 unspecified atom stereocenters. The van der Waals surface area contributed by atoms with Crippen molar-refractivity contribution in [2.75, 3.05) is 0 Å². The molecule has 0 aliphatic rings. The van der Waals surface area contributed by atoms with E-state index in [9.17, 15) is 0 Å². The van der Waals surface area contributed by atoms with E-state index in [0.717, 1.165) is 11.1 Å². The van der Waals surface area contributed by atoms with E-state index in [1.165, 1.54) is 5.39 Å². The van der Waals surface area contributed by atoms with Crippen LogP contribution in [0.25, 0.3) is 10.9 Å². The average molecular weight is 184 g/mol. The van der Waals surface area contributed by atoms with Gasteiger partial charge in [-0.1, -0.05) is 24.1 Å². The standard InChI is InChI=1S/C12H12N2/c1-2-7-14-9-10(8-13)11-5-3-4-6-12(11)14/h1,3-6,9H,7-8,13H2. The van der Waals surface area contributed by atoms with E-state index in [1.54, 1.807) is 0 Å². The first kappa shape index (κ1) is 8.86. The van der Waals surface area contributed by atoms with Crippen molar-refractivity contribution in [3.63, 3.8) is 0 Å². The minimum absolute atomic E-state index is 0.554. The molecule has 0 bridgehead atoms. The Labute approximate surface area is 83.3 Å². The van der Waals surface area contributed by atoms with Crippen LogP contribution >= 0.6 is 0 Å². The van der Waals surface area contributed by atoms with Gasteiger partial charge in [0.15, 0.2) is 0 Å². The van der Waals surface area contributed by atoms with E-state index in [2.05, 4.69) is 22.6 Å².